The highest BCUT2D eigenvalue weighted by molar-refractivity contribution is 6.06. The summed E-state index contributed by atoms with van der Waals surface area (Å²) in [5.41, 5.74) is 0.719. The second kappa shape index (κ2) is 4.74. The first-order valence-corrected chi connectivity index (χ1v) is 6.48. The van der Waals surface area contributed by atoms with E-state index in [0.717, 1.165) is 0 Å². The fourth-order valence-corrected chi connectivity index (χ4v) is 2.15. The second-order valence-corrected chi connectivity index (χ2v) is 5.60. The Hall–Kier alpha value is -2.17. The van der Waals surface area contributed by atoms with E-state index in [1.165, 1.54) is 0 Å². The van der Waals surface area contributed by atoms with Gasteiger partial charge >= 0.3 is 5.97 Å². The molecule has 0 aromatic carbocycles. The highest BCUT2D eigenvalue weighted by Gasteiger charge is 2.39. The Morgan fingerprint density at radius 2 is 2.00 bits per heavy atom. The monoisotopic (exact) mass is 274 g/mol. The van der Waals surface area contributed by atoms with Gasteiger partial charge in [0.05, 0.1) is 22.2 Å². The molecule has 2 aromatic rings. The zero-order chi connectivity index (χ0) is 15.1. The van der Waals surface area contributed by atoms with Crippen LogP contribution in [0, 0.1) is 18.3 Å². The normalized spacial score (nSPS) is 13.4. The average molecular weight is 274 g/mol. The number of nitrogens with zero attached hydrogens (tertiary/aromatic N) is 2. The molecule has 5 heteroatoms. The van der Waals surface area contributed by atoms with Crippen LogP contribution in [-0.4, -0.2) is 26.5 Å². The van der Waals surface area contributed by atoms with Crippen molar-refractivity contribution in [2.75, 3.05) is 0 Å². The van der Waals surface area contributed by atoms with Gasteiger partial charge in [0.25, 0.3) is 0 Å². The lowest BCUT2D eigenvalue weighted by molar-refractivity contribution is -0.148. The Kier molecular flexibility index (Phi) is 3.38. The third kappa shape index (κ3) is 2.09. The van der Waals surface area contributed by atoms with Gasteiger partial charge in [0.15, 0.2) is 5.78 Å². The van der Waals surface area contributed by atoms with Crippen molar-refractivity contribution in [3.63, 3.8) is 0 Å². The van der Waals surface area contributed by atoms with E-state index in [1.807, 2.05) is 18.2 Å². The average Bonchev–Trinajstić information content (AvgIpc) is 2.72. The molecule has 0 bridgehead atoms. The topological polar surface area (TPSA) is 71.7 Å². The molecule has 1 atom stereocenters. The lowest BCUT2D eigenvalue weighted by Gasteiger charge is -2.25. The van der Waals surface area contributed by atoms with Crippen molar-refractivity contribution in [2.45, 2.75) is 27.7 Å². The van der Waals surface area contributed by atoms with E-state index < -0.39 is 17.3 Å². The van der Waals surface area contributed by atoms with Crippen LogP contribution in [0.15, 0.2) is 24.4 Å². The van der Waals surface area contributed by atoms with Crippen LogP contribution in [0.2, 0.25) is 0 Å². The number of fused-ring (bicyclic) bond motifs is 1. The van der Waals surface area contributed by atoms with E-state index in [9.17, 15) is 14.7 Å². The molecule has 0 aliphatic heterocycles. The van der Waals surface area contributed by atoms with Crippen LogP contribution in [0.4, 0.5) is 0 Å². The van der Waals surface area contributed by atoms with Crippen LogP contribution >= 0.6 is 0 Å². The molecular weight excluding hydrogens is 256 g/mol. The number of aromatic nitrogens is 2. The molecule has 2 heterocycles. The SMILES string of the molecule is Cc1nn2ccccc2c1C(=O)C(C)C(C)(C)C(=O)O. The van der Waals surface area contributed by atoms with Crippen molar-refractivity contribution in [1.82, 2.24) is 9.61 Å². The van der Waals surface area contributed by atoms with Crippen molar-refractivity contribution < 1.29 is 14.7 Å². The number of aryl methyl sites for hydroxylation is 1. The summed E-state index contributed by atoms with van der Waals surface area (Å²) in [6.45, 7) is 6.56. The maximum absolute atomic E-state index is 12.7. The van der Waals surface area contributed by atoms with Crippen LogP contribution in [0.3, 0.4) is 0 Å². The molecule has 1 unspecified atom stereocenters. The summed E-state index contributed by atoms with van der Waals surface area (Å²) in [7, 11) is 0. The number of carbonyl (C=O) groups excluding carboxylic acids is 1. The maximum atomic E-state index is 12.7. The predicted molar refractivity (Wildman–Crippen MR) is 74.8 cm³/mol. The molecular formula is C15H18N2O3. The number of aliphatic carboxylic acids is 1. The minimum Gasteiger partial charge on any atom is -0.481 e. The van der Waals surface area contributed by atoms with Crippen molar-refractivity contribution in [2.24, 2.45) is 11.3 Å². The van der Waals surface area contributed by atoms with E-state index in [0.29, 0.717) is 16.8 Å². The molecule has 0 amide bonds. The van der Waals surface area contributed by atoms with Crippen molar-refractivity contribution in [1.29, 1.82) is 0 Å². The van der Waals surface area contributed by atoms with Crippen molar-refractivity contribution in [3.8, 4) is 0 Å². The zero-order valence-electron chi connectivity index (χ0n) is 12.0. The van der Waals surface area contributed by atoms with Crippen molar-refractivity contribution >= 4 is 17.3 Å². The predicted octanol–water partition coefficient (Wildman–Crippen LogP) is 2.57. The van der Waals surface area contributed by atoms with Gasteiger partial charge in [-0.25, -0.2) is 4.52 Å². The molecule has 0 saturated heterocycles. The Morgan fingerprint density at radius 1 is 1.35 bits per heavy atom. The highest BCUT2D eigenvalue weighted by atomic mass is 16.4. The van der Waals surface area contributed by atoms with Gasteiger partial charge in [-0.05, 0) is 32.9 Å². The number of rotatable bonds is 4. The first-order chi connectivity index (χ1) is 9.26. The van der Waals surface area contributed by atoms with Crippen molar-refractivity contribution in [3.05, 3.63) is 35.7 Å². The standard InChI is InChI=1S/C15H18N2O3/c1-9(15(3,4)14(19)20)13(18)12-10(2)16-17-8-6-5-7-11(12)17/h5-9H,1-4H3,(H,19,20). The Morgan fingerprint density at radius 3 is 2.60 bits per heavy atom. The summed E-state index contributed by atoms with van der Waals surface area (Å²) in [5, 5.41) is 13.6. The van der Waals surface area contributed by atoms with Gasteiger partial charge < -0.3 is 5.11 Å². The number of carbonyl (C=O) groups is 2. The number of ketones is 1. The molecule has 106 valence electrons. The van der Waals surface area contributed by atoms with E-state index >= 15 is 0 Å². The number of carboxylic acid groups (broad SMARTS) is 1. The van der Waals surface area contributed by atoms with Crippen LogP contribution < -0.4 is 0 Å². The zero-order valence-corrected chi connectivity index (χ0v) is 12.0. The number of hydrogen-bond donors (Lipinski definition) is 1. The summed E-state index contributed by atoms with van der Waals surface area (Å²) in [6.07, 6.45) is 1.77. The molecule has 0 aliphatic carbocycles. The lowest BCUT2D eigenvalue weighted by Crippen LogP contribution is -2.36. The highest BCUT2D eigenvalue weighted by Crippen LogP contribution is 2.31. The minimum atomic E-state index is -1.12. The lowest BCUT2D eigenvalue weighted by atomic mass is 9.76. The first-order valence-electron chi connectivity index (χ1n) is 6.48. The van der Waals surface area contributed by atoms with Gasteiger partial charge in [0.2, 0.25) is 0 Å². The summed E-state index contributed by atoms with van der Waals surface area (Å²) in [6, 6.07) is 5.48. The fourth-order valence-electron chi connectivity index (χ4n) is 2.15. The fraction of sp³-hybridized carbons (Fsp3) is 0.400. The second-order valence-electron chi connectivity index (χ2n) is 5.60. The van der Waals surface area contributed by atoms with Gasteiger partial charge in [0, 0.05) is 12.1 Å². The molecule has 0 fully saturated rings. The van der Waals surface area contributed by atoms with Crippen LogP contribution in [0.1, 0.15) is 36.8 Å². The van der Waals surface area contributed by atoms with E-state index in [4.69, 9.17) is 0 Å². The molecule has 0 radical (unpaired) electrons. The van der Waals surface area contributed by atoms with Gasteiger partial charge in [-0.3, -0.25) is 9.59 Å². The van der Waals surface area contributed by atoms with Crippen LogP contribution in [0.5, 0.6) is 0 Å². The summed E-state index contributed by atoms with van der Waals surface area (Å²) < 4.78 is 1.64. The Balaban J connectivity index is 2.52. The number of carboxylic acids is 1. The van der Waals surface area contributed by atoms with E-state index in [2.05, 4.69) is 5.10 Å². The van der Waals surface area contributed by atoms with Gasteiger partial charge in [-0.2, -0.15) is 5.10 Å². The summed E-state index contributed by atoms with van der Waals surface area (Å²) in [5.74, 6) is -1.80. The first kappa shape index (κ1) is 14.2. The van der Waals surface area contributed by atoms with Crippen LogP contribution in [0.25, 0.3) is 5.52 Å². The van der Waals surface area contributed by atoms with Gasteiger partial charge in [-0.15, -0.1) is 0 Å². The van der Waals surface area contributed by atoms with Crippen LogP contribution in [-0.2, 0) is 4.79 Å². The summed E-state index contributed by atoms with van der Waals surface area (Å²) >= 11 is 0. The van der Waals surface area contributed by atoms with Gasteiger partial charge in [-0.1, -0.05) is 13.0 Å². The summed E-state index contributed by atoms with van der Waals surface area (Å²) in [4.78, 5) is 24.0. The quantitative estimate of drug-likeness (QED) is 0.870. The molecule has 2 aromatic heterocycles. The Bertz CT molecular complexity index is 685. The maximum Gasteiger partial charge on any atom is 0.309 e. The smallest absolute Gasteiger partial charge is 0.309 e. The minimum absolute atomic E-state index is 0.184. The number of Topliss-reactive ketones (excluding diaryl/α,β-unsaturated/α-hetero) is 1. The molecule has 0 spiro atoms. The molecule has 0 saturated carbocycles. The molecule has 20 heavy (non-hydrogen) atoms. The van der Waals surface area contributed by atoms with Gasteiger partial charge in [0.1, 0.15) is 0 Å². The third-order valence-electron chi connectivity index (χ3n) is 3.99. The third-order valence-corrected chi connectivity index (χ3v) is 3.99. The molecule has 2 rings (SSSR count). The number of pyridine rings is 1. The Labute approximate surface area is 117 Å². The van der Waals surface area contributed by atoms with E-state index in [1.54, 1.807) is 38.4 Å². The largest absolute Gasteiger partial charge is 0.481 e. The van der Waals surface area contributed by atoms with E-state index in [-0.39, 0.29) is 5.78 Å². The number of hydrogen-bond acceptors (Lipinski definition) is 3. The molecule has 0 aliphatic rings. The molecule has 5 nitrogen and oxygen atoms in total. The molecule has 1 N–H and O–H groups in total.